The summed E-state index contributed by atoms with van der Waals surface area (Å²) >= 11 is 0. The van der Waals surface area contributed by atoms with Crippen LogP contribution in [0.3, 0.4) is 0 Å². The monoisotopic (exact) mass is 108 g/mol. The van der Waals surface area contributed by atoms with Crippen LogP contribution in [-0.4, -0.2) is 12.8 Å². The fourth-order valence-corrected chi connectivity index (χ4v) is 0. The van der Waals surface area contributed by atoms with E-state index >= 15 is 0 Å². The fourth-order valence-electron chi connectivity index (χ4n) is 0. The molecule has 0 aromatic rings. The highest BCUT2D eigenvalue weighted by Gasteiger charge is 1.78. The Labute approximate surface area is 37.2 Å². The molecule has 0 bridgehead atoms. The second-order valence-corrected chi connectivity index (χ2v) is 5.86. The van der Waals surface area contributed by atoms with Gasteiger partial charge in [-0.3, -0.25) is 0 Å². The lowest BCUT2D eigenvalue weighted by molar-refractivity contribution is 1.51. The first-order valence-electron chi connectivity index (χ1n) is 1.73. The molecule has 0 spiro atoms. The predicted molar refractivity (Wildman–Crippen MR) is 33.1 cm³/mol. The van der Waals surface area contributed by atoms with Gasteiger partial charge in [0.2, 0.25) is 0 Å². The minimum Gasteiger partial charge on any atom is -0.112 e. The third-order valence-electron chi connectivity index (χ3n) is 0.499. The highest BCUT2D eigenvalue weighted by Crippen LogP contribution is 2.38. The Morgan fingerprint density at radius 3 is 2.00 bits per heavy atom. The van der Waals surface area contributed by atoms with Crippen LogP contribution in [0.4, 0.5) is 0 Å². The molecule has 0 amide bonds. The van der Waals surface area contributed by atoms with E-state index in [0.29, 0.717) is 7.61 Å². The molecule has 0 aliphatic carbocycles. The molecule has 0 saturated heterocycles. The summed E-state index contributed by atoms with van der Waals surface area (Å²) in [6, 6.07) is 0. The summed E-state index contributed by atoms with van der Waals surface area (Å²) < 4.78 is 0. The van der Waals surface area contributed by atoms with Crippen LogP contribution in [0.1, 0.15) is 6.92 Å². The van der Waals surface area contributed by atoms with Gasteiger partial charge < -0.3 is 0 Å². The lowest BCUT2D eigenvalue weighted by atomic mass is 11.0. The van der Waals surface area contributed by atoms with Gasteiger partial charge in [0.05, 0.1) is 0 Å². The van der Waals surface area contributed by atoms with E-state index in [1.807, 2.05) is 0 Å². The molecule has 0 aliphatic heterocycles. The van der Waals surface area contributed by atoms with E-state index in [4.69, 9.17) is 0 Å². The van der Waals surface area contributed by atoms with Crippen LogP contribution >= 0.6 is 16.5 Å². The first-order chi connectivity index (χ1) is 2.27. The SMILES string of the molecule is CCP(C)P. The molecule has 2 heteroatoms. The summed E-state index contributed by atoms with van der Waals surface area (Å²) in [5.41, 5.74) is 0. The third-order valence-corrected chi connectivity index (χ3v) is 2.59. The van der Waals surface area contributed by atoms with Gasteiger partial charge in [0.1, 0.15) is 0 Å². The third kappa shape index (κ3) is 4.86. The van der Waals surface area contributed by atoms with Crippen LogP contribution in [0.5, 0.6) is 0 Å². The van der Waals surface area contributed by atoms with Crippen molar-refractivity contribution in [2.24, 2.45) is 0 Å². The topological polar surface area (TPSA) is 0 Å². The van der Waals surface area contributed by atoms with Crippen molar-refractivity contribution in [2.45, 2.75) is 6.92 Å². The van der Waals surface area contributed by atoms with Crippen molar-refractivity contribution < 1.29 is 0 Å². The summed E-state index contributed by atoms with van der Waals surface area (Å²) in [4.78, 5) is 0. The van der Waals surface area contributed by atoms with Gasteiger partial charge in [0.25, 0.3) is 0 Å². The molecule has 0 aromatic heterocycles. The zero-order valence-corrected chi connectivity index (χ0v) is 5.78. The lowest BCUT2D eigenvalue weighted by Gasteiger charge is -1.92. The van der Waals surface area contributed by atoms with Crippen LogP contribution in [0.2, 0.25) is 0 Å². The molecule has 0 saturated carbocycles. The largest absolute Gasteiger partial charge is 0.112 e. The van der Waals surface area contributed by atoms with Gasteiger partial charge in [-0.2, -0.15) is 0 Å². The van der Waals surface area contributed by atoms with Gasteiger partial charge in [-0.05, 0) is 12.8 Å². The number of rotatable bonds is 1. The molecule has 0 fully saturated rings. The van der Waals surface area contributed by atoms with Gasteiger partial charge in [-0.15, -0.1) is 8.93 Å². The van der Waals surface area contributed by atoms with Crippen LogP contribution in [-0.2, 0) is 0 Å². The van der Waals surface area contributed by atoms with E-state index in [2.05, 4.69) is 22.5 Å². The van der Waals surface area contributed by atoms with E-state index in [1.165, 1.54) is 6.16 Å². The average Bonchev–Trinajstić information content (AvgIpc) is 1.38. The van der Waals surface area contributed by atoms with E-state index in [1.54, 1.807) is 0 Å². The molecule has 0 heterocycles. The van der Waals surface area contributed by atoms with Crippen LogP contribution in [0.25, 0.3) is 0 Å². The van der Waals surface area contributed by atoms with Gasteiger partial charge in [-0.25, -0.2) is 0 Å². The van der Waals surface area contributed by atoms with Crippen molar-refractivity contribution in [3.05, 3.63) is 0 Å². The average molecular weight is 108 g/mol. The lowest BCUT2D eigenvalue weighted by Crippen LogP contribution is -1.57. The molecule has 0 N–H and O–H groups in total. The highest BCUT2D eigenvalue weighted by molar-refractivity contribution is 8.13. The van der Waals surface area contributed by atoms with E-state index in [0.717, 1.165) is 0 Å². The normalized spacial score (nSPS) is 15.0. The maximum Gasteiger partial charge on any atom is -0.0323 e. The van der Waals surface area contributed by atoms with Crippen molar-refractivity contribution in [1.29, 1.82) is 0 Å². The summed E-state index contributed by atoms with van der Waals surface area (Å²) in [6.45, 7) is 4.46. The summed E-state index contributed by atoms with van der Waals surface area (Å²) in [5, 5.41) is 0. The van der Waals surface area contributed by atoms with E-state index in [-0.39, 0.29) is 0 Å². The van der Waals surface area contributed by atoms with E-state index in [9.17, 15) is 0 Å². The Morgan fingerprint density at radius 1 is 1.80 bits per heavy atom. The van der Waals surface area contributed by atoms with E-state index < -0.39 is 0 Å². The van der Waals surface area contributed by atoms with Crippen LogP contribution < -0.4 is 0 Å². The van der Waals surface area contributed by atoms with Crippen LogP contribution in [0, 0.1) is 0 Å². The molecule has 0 aliphatic rings. The zero-order valence-electron chi connectivity index (χ0n) is 3.73. The molecular weight excluding hydrogens is 98.0 g/mol. The van der Waals surface area contributed by atoms with Gasteiger partial charge in [0.15, 0.2) is 0 Å². The van der Waals surface area contributed by atoms with Crippen molar-refractivity contribution in [1.82, 2.24) is 0 Å². The second-order valence-electron chi connectivity index (χ2n) is 1.07. The molecule has 2 unspecified atom stereocenters. The van der Waals surface area contributed by atoms with Crippen LogP contribution in [0.15, 0.2) is 0 Å². The number of hydrogen-bond donors (Lipinski definition) is 0. The first kappa shape index (κ1) is 5.86. The molecule has 0 aromatic carbocycles. The second kappa shape index (κ2) is 3.07. The molecule has 0 rings (SSSR count). The fraction of sp³-hybridized carbons (Fsp3) is 1.00. The highest BCUT2D eigenvalue weighted by atomic mass is 32.0. The molecule has 0 nitrogen and oxygen atoms in total. The molecular formula is C3H10P2. The van der Waals surface area contributed by atoms with Crippen molar-refractivity contribution in [3.63, 3.8) is 0 Å². The summed E-state index contributed by atoms with van der Waals surface area (Å²) in [7, 11) is 3.12. The minimum absolute atomic E-state index is 0.318. The first-order valence-corrected chi connectivity index (χ1v) is 5.32. The maximum atomic E-state index is 2.80. The summed E-state index contributed by atoms with van der Waals surface area (Å²) in [6.07, 6.45) is 1.33. The van der Waals surface area contributed by atoms with Crippen molar-refractivity contribution >= 4 is 16.5 Å². The quantitative estimate of drug-likeness (QED) is 0.450. The summed E-state index contributed by atoms with van der Waals surface area (Å²) in [5.74, 6) is 0. The Morgan fingerprint density at radius 2 is 2.00 bits per heavy atom. The van der Waals surface area contributed by atoms with Gasteiger partial charge in [0, 0.05) is 0 Å². The van der Waals surface area contributed by atoms with Crippen molar-refractivity contribution in [3.8, 4) is 0 Å². The molecule has 2 atom stereocenters. The van der Waals surface area contributed by atoms with Crippen molar-refractivity contribution in [2.75, 3.05) is 12.8 Å². The Hall–Kier alpha value is 0.860. The Balaban J connectivity index is 2.54. The Bertz CT molecular complexity index is 18.9. The molecule has 32 valence electrons. The standard InChI is InChI=1S/C3H10P2/c1-3-5(2)4/h3-4H2,1-2H3. The molecule has 5 heavy (non-hydrogen) atoms. The number of hydrogen-bond acceptors (Lipinski definition) is 0. The smallest absolute Gasteiger partial charge is 0.0323 e. The van der Waals surface area contributed by atoms with Gasteiger partial charge >= 0.3 is 0 Å². The van der Waals surface area contributed by atoms with Gasteiger partial charge in [-0.1, -0.05) is 14.5 Å². The minimum atomic E-state index is 0.318. The zero-order chi connectivity index (χ0) is 4.28. The predicted octanol–water partition coefficient (Wildman–Crippen LogP) is 1.91. The Kier molecular flexibility index (Phi) is 3.59. The molecule has 0 radical (unpaired) electrons. The maximum absolute atomic E-state index is 2.80.